The van der Waals surface area contributed by atoms with E-state index in [-0.39, 0.29) is 31.4 Å². The average molecular weight is 305 g/mol. The molecule has 1 aliphatic heterocycles. The minimum atomic E-state index is -0.567. The summed E-state index contributed by atoms with van der Waals surface area (Å²) in [6.07, 6.45) is 0.518. The minimum Gasteiger partial charge on any atom is -0.496 e. The number of benzene rings is 1. The first-order chi connectivity index (χ1) is 10.6. The normalized spacial score (nSPS) is 17.7. The Morgan fingerprint density at radius 2 is 2.05 bits per heavy atom. The zero-order chi connectivity index (χ0) is 16.1. The number of para-hydroxylation sites is 1. The molecule has 0 aliphatic carbocycles. The second kappa shape index (κ2) is 7.06. The molecule has 1 aromatic carbocycles. The van der Waals surface area contributed by atoms with E-state index in [2.05, 4.69) is 0 Å². The number of methoxy groups -OCH3 is 1. The van der Waals surface area contributed by atoms with E-state index in [0.29, 0.717) is 12.2 Å². The Kier molecular flexibility index (Phi) is 5.14. The summed E-state index contributed by atoms with van der Waals surface area (Å²) in [4.78, 5) is 36.7. The van der Waals surface area contributed by atoms with Crippen molar-refractivity contribution in [2.24, 2.45) is 5.92 Å². The van der Waals surface area contributed by atoms with Gasteiger partial charge in [0.05, 0.1) is 19.6 Å². The summed E-state index contributed by atoms with van der Waals surface area (Å²) in [6, 6.07) is 7.38. The van der Waals surface area contributed by atoms with Gasteiger partial charge in [-0.25, -0.2) is 0 Å². The fraction of sp³-hybridized carbons (Fsp3) is 0.438. The van der Waals surface area contributed by atoms with Crippen LogP contribution in [-0.4, -0.2) is 42.9 Å². The van der Waals surface area contributed by atoms with Crippen molar-refractivity contribution in [1.82, 2.24) is 4.90 Å². The Labute approximate surface area is 129 Å². The Morgan fingerprint density at radius 3 is 2.73 bits per heavy atom. The van der Waals surface area contributed by atoms with Crippen LogP contribution in [0.2, 0.25) is 0 Å². The molecule has 1 unspecified atom stereocenters. The molecular weight excluding hydrogens is 286 g/mol. The quantitative estimate of drug-likeness (QED) is 0.583. The molecule has 2 rings (SSSR count). The highest BCUT2D eigenvalue weighted by atomic mass is 16.5. The Bertz CT molecular complexity index is 584. The van der Waals surface area contributed by atoms with Gasteiger partial charge in [-0.3, -0.25) is 19.3 Å². The number of carbonyl (C=O) groups is 3. The fourth-order valence-corrected chi connectivity index (χ4v) is 2.55. The van der Waals surface area contributed by atoms with E-state index in [4.69, 9.17) is 9.47 Å². The van der Waals surface area contributed by atoms with Crippen LogP contribution >= 0.6 is 0 Å². The van der Waals surface area contributed by atoms with Crippen LogP contribution in [0.5, 0.6) is 5.75 Å². The van der Waals surface area contributed by atoms with Crippen LogP contribution in [0, 0.1) is 5.92 Å². The monoisotopic (exact) mass is 305 g/mol. The predicted octanol–water partition coefficient (Wildman–Crippen LogP) is 1.18. The first-order valence-corrected chi connectivity index (χ1v) is 7.18. The molecule has 118 valence electrons. The number of amides is 2. The van der Waals surface area contributed by atoms with Crippen LogP contribution in [0.3, 0.4) is 0 Å². The van der Waals surface area contributed by atoms with Crippen molar-refractivity contribution in [3.05, 3.63) is 29.8 Å². The lowest BCUT2D eigenvalue weighted by atomic mass is 9.97. The van der Waals surface area contributed by atoms with Gasteiger partial charge in [0, 0.05) is 6.42 Å². The summed E-state index contributed by atoms with van der Waals surface area (Å²) in [6.45, 7) is 1.59. The van der Waals surface area contributed by atoms with Crippen molar-refractivity contribution in [2.75, 3.05) is 20.3 Å². The third-order valence-corrected chi connectivity index (χ3v) is 3.59. The predicted molar refractivity (Wildman–Crippen MR) is 78.2 cm³/mol. The third kappa shape index (κ3) is 3.44. The molecule has 0 bridgehead atoms. The van der Waals surface area contributed by atoms with Crippen LogP contribution in [0.4, 0.5) is 0 Å². The molecule has 1 atom stereocenters. The average Bonchev–Trinajstić information content (AvgIpc) is 2.76. The van der Waals surface area contributed by atoms with E-state index in [1.54, 1.807) is 14.0 Å². The molecule has 0 N–H and O–H groups in total. The van der Waals surface area contributed by atoms with Crippen LogP contribution in [0.1, 0.15) is 18.9 Å². The van der Waals surface area contributed by atoms with Gasteiger partial charge >= 0.3 is 5.97 Å². The highest BCUT2D eigenvalue weighted by molar-refractivity contribution is 6.05. The van der Waals surface area contributed by atoms with Gasteiger partial charge in [0.2, 0.25) is 11.8 Å². The number of esters is 1. The SMILES string of the molecule is CCOC(=O)CN1C(=O)CC(Cc2ccccc2OC)C1=O. The van der Waals surface area contributed by atoms with Gasteiger partial charge in [0.15, 0.2) is 0 Å². The fourth-order valence-electron chi connectivity index (χ4n) is 2.55. The van der Waals surface area contributed by atoms with Crippen LogP contribution in [0.25, 0.3) is 0 Å². The molecule has 0 spiro atoms. The molecular formula is C16H19NO5. The summed E-state index contributed by atoms with van der Waals surface area (Å²) >= 11 is 0. The van der Waals surface area contributed by atoms with Crippen molar-refractivity contribution in [2.45, 2.75) is 19.8 Å². The number of likely N-dealkylation sites (tertiary alicyclic amines) is 1. The topological polar surface area (TPSA) is 72.9 Å². The maximum atomic E-state index is 12.3. The van der Waals surface area contributed by atoms with Gasteiger partial charge in [-0.15, -0.1) is 0 Å². The number of nitrogens with zero attached hydrogens (tertiary/aromatic N) is 1. The second-order valence-corrected chi connectivity index (χ2v) is 5.04. The molecule has 1 aliphatic rings. The molecule has 6 heteroatoms. The molecule has 1 heterocycles. The smallest absolute Gasteiger partial charge is 0.326 e. The number of hydrogen-bond donors (Lipinski definition) is 0. The van der Waals surface area contributed by atoms with Gasteiger partial charge in [-0.05, 0) is 25.0 Å². The number of carbonyl (C=O) groups excluding carboxylic acids is 3. The molecule has 1 aromatic rings. The van der Waals surface area contributed by atoms with Crippen LogP contribution < -0.4 is 4.74 Å². The van der Waals surface area contributed by atoms with E-state index >= 15 is 0 Å². The Morgan fingerprint density at radius 1 is 1.32 bits per heavy atom. The number of hydrogen-bond acceptors (Lipinski definition) is 5. The maximum absolute atomic E-state index is 12.3. The van der Waals surface area contributed by atoms with Gasteiger partial charge in [0.1, 0.15) is 12.3 Å². The first kappa shape index (κ1) is 16.0. The summed E-state index contributed by atoms with van der Waals surface area (Å²) in [5.74, 6) is -1.01. The van der Waals surface area contributed by atoms with Crippen LogP contribution in [0.15, 0.2) is 24.3 Å². The van der Waals surface area contributed by atoms with Gasteiger partial charge in [-0.1, -0.05) is 18.2 Å². The number of imide groups is 1. The van der Waals surface area contributed by atoms with E-state index in [1.165, 1.54) is 0 Å². The van der Waals surface area contributed by atoms with Gasteiger partial charge < -0.3 is 9.47 Å². The van der Waals surface area contributed by atoms with E-state index in [9.17, 15) is 14.4 Å². The van der Waals surface area contributed by atoms with Gasteiger partial charge in [0.25, 0.3) is 0 Å². The van der Waals surface area contributed by atoms with Crippen molar-refractivity contribution in [3.8, 4) is 5.75 Å². The lowest BCUT2D eigenvalue weighted by Crippen LogP contribution is -2.36. The number of rotatable bonds is 6. The van der Waals surface area contributed by atoms with E-state index in [1.807, 2.05) is 24.3 Å². The zero-order valence-electron chi connectivity index (χ0n) is 12.7. The highest BCUT2D eigenvalue weighted by Gasteiger charge is 2.39. The largest absolute Gasteiger partial charge is 0.496 e. The Hall–Kier alpha value is -2.37. The summed E-state index contributed by atoms with van der Waals surface area (Å²) in [7, 11) is 1.56. The molecule has 0 saturated carbocycles. The lowest BCUT2D eigenvalue weighted by Gasteiger charge is -2.14. The van der Waals surface area contributed by atoms with Crippen molar-refractivity contribution in [1.29, 1.82) is 0 Å². The molecule has 0 radical (unpaired) electrons. The zero-order valence-corrected chi connectivity index (χ0v) is 12.7. The van der Waals surface area contributed by atoms with Gasteiger partial charge in [-0.2, -0.15) is 0 Å². The minimum absolute atomic E-state index is 0.107. The van der Waals surface area contributed by atoms with Crippen molar-refractivity contribution >= 4 is 17.8 Å². The van der Waals surface area contributed by atoms with E-state index < -0.39 is 11.9 Å². The summed E-state index contributed by atoms with van der Waals surface area (Å²) < 4.78 is 10.0. The van der Waals surface area contributed by atoms with E-state index in [0.717, 1.165) is 10.5 Å². The molecule has 22 heavy (non-hydrogen) atoms. The third-order valence-electron chi connectivity index (χ3n) is 3.59. The molecule has 2 amide bonds. The van der Waals surface area contributed by atoms with Crippen molar-refractivity contribution < 1.29 is 23.9 Å². The standard InChI is InChI=1S/C16H19NO5/c1-3-22-15(19)10-17-14(18)9-12(16(17)20)8-11-6-4-5-7-13(11)21-2/h4-7,12H,3,8-10H2,1-2H3. The Balaban J connectivity index is 2.06. The molecule has 0 aromatic heterocycles. The highest BCUT2D eigenvalue weighted by Crippen LogP contribution is 2.27. The lowest BCUT2D eigenvalue weighted by molar-refractivity contribution is -0.152. The molecule has 1 saturated heterocycles. The van der Waals surface area contributed by atoms with Crippen LogP contribution in [-0.2, 0) is 25.5 Å². The summed E-state index contributed by atoms with van der Waals surface area (Å²) in [5, 5.41) is 0. The first-order valence-electron chi connectivity index (χ1n) is 7.18. The summed E-state index contributed by atoms with van der Waals surface area (Å²) in [5.41, 5.74) is 0.870. The molecule has 1 fully saturated rings. The van der Waals surface area contributed by atoms with Crippen molar-refractivity contribution in [3.63, 3.8) is 0 Å². The molecule has 6 nitrogen and oxygen atoms in total. The number of ether oxygens (including phenoxy) is 2. The second-order valence-electron chi connectivity index (χ2n) is 5.04. The maximum Gasteiger partial charge on any atom is 0.326 e.